The van der Waals surface area contributed by atoms with Crippen LogP contribution >= 0.6 is 0 Å². The van der Waals surface area contributed by atoms with Crippen molar-refractivity contribution >= 4 is 17.5 Å². The summed E-state index contributed by atoms with van der Waals surface area (Å²) in [6.07, 6.45) is 0.149. The fourth-order valence-electron chi connectivity index (χ4n) is 2.26. The number of carbonyl (C=O) groups excluding carboxylic acids is 1. The number of anilines is 2. The van der Waals surface area contributed by atoms with Gasteiger partial charge in [0.1, 0.15) is 11.6 Å². The summed E-state index contributed by atoms with van der Waals surface area (Å²) in [6.45, 7) is 0.645. The van der Waals surface area contributed by atoms with Crippen LogP contribution in [0.25, 0.3) is 0 Å². The minimum atomic E-state index is -0.325. The van der Waals surface area contributed by atoms with Crippen LogP contribution in [0.2, 0.25) is 0 Å². The summed E-state index contributed by atoms with van der Waals surface area (Å²) in [5.41, 5.74) is 1.87. The van der Waals surface area contributed by atoms with E-state index >= 15 is 0 Å². The number of hydrogen-bond acceptors (Lipinski definition) is 4. The van der Waals surface area contributed by atoms with Crippen molar-refractivity contribution in [1.29, 1.82) is 0 Å². The number of benzene rings is 2. The van der Waals surface area contributed by atoms with Gasteiger partial charge in [0, 0.05) is 6.54 Å². The van der Waals surface area contributed by atoms with E-state index in [9.17, 15) is 9.18 Å². The van der Waals surface area contributed by atoms with Crippen LogP contribution in [0.4, 0.5) is 16.0 Å². The maximum Gasteiger partial charge on any atom is 0.229 e. The molecule has 0 bridgehead atoms. The Labute approximate surface area is 144 Å². The summed E-state index contributed by atoms with van der Waals surface area (Å²) in [4.78, 5) is 12.0. The summed E-state index contributed by atoms with van der Waals surface area (Å²) < 4.78 is 12.9. The van der Waals surface area contributed by atoms with Gasteiger partial charge in [-0.15, -0.1) is 10.2 Å². The normalized spacial score (nSPS) is 10.3. The molecular weight excluding hydrogens is 319 g/mol. The van der Waals surface area contributed by atoms with Crippen LogP contribution < -0.4 is 10.6 Å². The Kier molecular flexibility index (Phi) is 5.31. The monoisotopic (exact) mass is 336 g/mol. The molecule has 0 saturated heterocycles. The molecule has 126 valence electrons. The van der Waals surface area contributed by atoms with E-state index in [4.69, 9.17) is 0 Å². The van der Waals surface area contributed by atoms with Crippen molar-refractivity contribution in [3.63, 3.8) is 0 Å². The van der Waals surface area contributed by atoms with E-state index in [1.54, 1.807) is 24.3 Å². The van der Waals surface area contributed by atoms with E-state index in [0.717, 1.165) is 11.1 Å². The van der Waals surface area contributed by atoms with Gasteiger partial charge < -0.3 is 10.6 Å². The largest absolute Gasteiger partial charge is 0.365 e. The highest BCUT2D eigenvalue weighted by molar-refractivity contribution is 5.91. The minimum absolute atomic E-state index is 0.149. The van der Waals surface area contributed by atoms with E-state index in [1.165, 1.54) is 12.1 Å². The predicted octanol–water partition coefficient (Wildman–Crippen LogP) is 3.41. The Bertz CT molecular complexity index is 820. The standard InChI is InChI=1S/C19H17FN4O/c20-16-8-6-14(7-9-16)12-19(25)22-18-11-10-17(23-24-18)21-13-15-4-2-1-3-5-15/h1-11H,12-13H2,(H,21,23)(H,22,24,25). The van der Waals surface area contributed by atoms with Crippen LogP contribution in [0, 0.1) is 5.82 Å². The van der Waals surface area contributed by atoms with Crippen LogP contribution in [0.5, 0.6) is 0 Å². The van der Waals surface area contributed by atoms with Gasteiger partial charge in [0.25, 0.3) is 0 Å². The molecule has 0 radical (unpaired) electrons. The van der Waals surface area contributed by atoms with E-state index in [0.29, 0.717) is 18.2 Å². The molecule has 0 fully saturated rings. The number of aromatic nitrogens is 2. The lowest BCUT2D eigenvalue weighted by molar-refractivity contribution is -0.115. The van der Waals surface area contributed by atoms with E-state index in [2.05, 4.69) is 20.8 Å². The molecule has 6 heteroatoms. The highest BCUT2D eigenvalue weighted by atomic mass is 19.1. The fraction of sp³-hybridized carbons (Fsp3) is 0.105. The van der Waals surface area contributed by atoms with Gasteiger partial charge >= 0.3 is 0 Å². The number of halogens is 1. The van der Waals surface area contributed by atoms with Crippen molar-refractivity contribution in [1.82, 2.24) is 10.2 Å². The van der Waals surface area contributed by atoms with Crippen molar-refractivity contribution in [3.8, 4) is 0 Å². The molecule has 1 heterocycles. The molecule has 0 aliphatic rings. The first-order valence-corrected chi connectivity index (χ1v) is 7.85. The fourth-order valence-corrected chi connectivity index (χ4v) is 2.26. The average Bonchev–Trinajstić information content (AvgIpc) is 2.64. The zero-order valence-electron chi connectivity index (χ0n) is 13.4. The Morgan fingerprint density at radius 2 is 1.52 bits per heavy atom. The van der Waals surface area contributed by atoms with E-state index < -0.39 is 0 Å². The first-order valence-electron chi connectivity index (χ1n) is 7.85. The van der Waals surface area contributed by atoms with Gasteiger partial charge in [-0.25, -0.2) is 4.39 Å². The van der Waals surface area contributed by atoms with Crippen molar-refractivity contribution in [2.75, 3.05) is 10.6 Å². The van der Waals surface area contributed by atoms with Crippen LogP contribution in [0.15, 0.2) is 66.7 Å². The second-order valence-corrected chi connectivity index (χ2v) is 5.49. The zero-order valence-corrected chi connectivity index (χ0v) is 13.4. The lowest BCUT2D eigenvalue weighted by Gasteiger charge is -2.07. The SMILES string of the molecule is O=C(Cc1ccc(F)cc1)Nc1ccc(NCc2ccccc2)nn1. The molecule has 0 atom stereocenters. The minimum Gasteiger partial charge on any atom is -0.365 e. The van der Waals surface area contributed by atoms with Gasteiger partial charge in [-0.2, -0.15) is 0 Å². The molecular formula is C19H17FN4O. The number of carbonyl (C=O) groups is 1. The molecule has 0 saturated carbocycles. The molecule has 0 aliphatic carbocycles. The van der Waals surface area contributed by atoms with Gasteiger partial charge in [-0.05, 0) is 35.4 Å². The van der Waals surface area contributed by atoms with Gasteiger partial charge in [-0.1, -0.05) is 42.5 Å². The third kappa shape index (κ3) is 5.10. The maximum absolute atomic E-state index is 12.9. The number of nitrogens with one attached hydrogen (secondary N) is 2. The summed E-state index contributed by atoms with van der Waals surface area (Å²) in [6, 6.07) is 19.2. The smallest absolute Gasteiger partial charge is 0.229 e. The topological polar surface area (TPSA) is 66.9 Å². The van der Waals surface area contributed by atoms with Gasteiger partial charge in [0.05, 0.1) is 6.42 Å². The molecule has 2 N–H and O–H groups in total. The van der Waals surface area contributed by atoms with Crippen LogP contribution in [-0.4, -0.2) is 16.1 Å². The molecule has 0 spiro atoms. The van der Waals surface area contributed by atoms with Crippen molar-refractivity contribution < 1.29 is 9.18 Å². The Morgan fingerprint density at radius 1 is 0.840 bits per heavy atom. The van der Waals surface area contributed by atoms with Crippen molar-refractivity contribution in [2.24, 2.45) is 0 Å². The van der Waals surface area contributed by atoms with Gasteiger partial charge in [0.2, 0.25) is 5.91 Å². The molecule has 1 aromatic heterocycles. The molecule has 5 nitrogen and oxygen atoms in total. The molecule has 3 rings (SSSR count). The maximum atomic E-state index is 12.9. The number of nitrogens with zero attached hydrogens (tertiary/aromatic N) is 2. The molecule has 0 unspecified atom stereocenters. The Hall–Kier alpha value is -3.28. The predicted molar refractivity (Wildman–Crippen MR) is 94.5 cm³/mol. The highest BCUT2D eigenvalue weighted by Crippen LogP contribution is 2.09. The molecule has 0 aliphatic heterocycles. The van der Waals surface area contributed by atoms with Crippen molar-refractivity contribution in [3.05, 3.63) is 83.7 Å². The first kappa shape index (κ1) is 16.6. The molecule has 2 aromatic carbocycles. The van der Waals surface area contributed by atoms with Gasteiger partial charge in [0.15, 0.2) is 5.82 Å². The molecule has 3 aromatic rings. The second-order valence-electron chi connectivity index (χ2n) is 5.49. The van der Waals surface area contributed by atoms with E-state index in [1.807, 2.05) is 30.3 Å². The number of amides is 1. The quantitative estimate of drug-likeness (QED) is 0.724. The summed E-state index contributed by atoms with van der Waals surface area (Å²) in [5, 5.41) is 13.9. The lowest BCUT2D eigenvalue weighted by atomic mass is 10.1. The van der Waals surface area contributed by atoms with E-state index in [-0.39, 0.29) is 18.1 Å². The molecule has 25 heavy (non-hydrogen) atoms. The van der Waals surface area contributed by atoms with Crippen LogP contribution in [-0.2, 0) is 17.8 Å². The van der Waals surface area contributed by atoms with Crippen LogP contribution in [0.3, 0.4) is 0 Å². The first-order chi connectivity index (χ1) is 12.2. The summed E-state index contributed by atoms with van der Waals surface area (Å²) in [7, 11) is 0. The van der Waals surface area contributed by atoms with Gasteiger partial charge in [-0.3, -0.25) is 4.79 Å². The third-order valence-electron chi connectivity index (χ3n) is 3.53. The summed E-state index contributed by atoms with van der Waals surface area (Å²) in [5.74, 6) is 0.442. The second kappa shape index (κ2) is 8.01. The average molecular weight is 336 g/mol. The Balaban J connectivity index is 1.51. The summed E-state index contributed by atoms with van der Waals surface area (Å²) >= 11 is 0. The zero-order chi connectivity index (χ0) is 17.5. The highest BCUT2D eigenvalue weighted by Gasteiger charge is 2.06. The number of rotatable bonds is 6. The number of hydrogen-bond donors (Lipinski definition) is 2. The Morgan fingerprint density at radius 3 is 2.20 bits per heavy atom. The molecule has 1 amide bonds. The van der Waals surface area contributed by atoms with Crippen molar-refractivity contribution in [2.45, 2.75) is 13.0 Å². The third-order valence-corrected chi connectivity index (χ3v) is 3.53. The van der Waals surface area contributed by atoms with Crippen LogP contribution in [0.1, 0.15) is 11.1 Å². The lowest BCUT2D eigenvalue weighted by Crippen LogP contribution is -2.16.